The van der Waals surface area contributed by atoms with Gasteiger partial charge in [-0.2, -0.15) is 0 Å². The van der Waals surface area contributed by atoms with Gasteiger partial charge in [0.1, 0.15) is 5.76 Å². The van der Waals surface area contributed by atoms with Crippen LogP contribution in [-0.2, 0) is 4.74 Å². The summed E-state index contributed by atoms with van der Waals surface area (Å²) in [4.78, 5) is 0. The molecule has 0 N–H and O–H groups in total. The number of fused-ring (bicyclic) bond motifs is 1. The van der Waals surface area contributed by atoms with E-state index in [0.29, 0.717) is 5.92 Å². The minimum atomic E-state index is 0.370. The van der Waals surface area contributed by atoms with Gasteiger partial charge < -0.3 is 4.74 Å². The van der Waals surface area contributed by atoms with Crippen molar-refractivity contribution in [2.45, 2.75) is 0 Å². The number of hydrogen-bond donors (Lipinski definition) is 0. The van der Waals surface area contributed by atoms with E-state index >= 15 is 0 Å². The Labute approximate surface area is 78.4 Å². The molecule has 0 aromatic heterocycles. The van der Waals surface area contributed by atoms with E-state index in [9.17, 15) is 0 Å². The summed E-state index contributed by atoms with van der Waals surface area (Å²) in [6.45, 7) is 0. The standard InChI is InChI=1S/C12H12O/c1-13-12-8-4-7-10-5-2-3-6-11(10)9-12/h2-9,11H,1H3. The molecule has 1 unspecified atom stereocenters. The van der Waals surface area contributed by atoms with Crippen molar-refractivity contribution in [2.24, 2.45) is 5.92 Å². The SMILES string of the molecule is COC1=CC2C=CC=CC2=CC=C1. The maximum atomic E-state index is 5.20. The molecule has 0 aliphatic heterocycles. The zero-order valence-corrected chi connectivity index (χ0v) is 7.60. The van der Waals surface area contributed by atoms with Gasteiger partial charge in [-0.1, -0.05) is 36.5 Å². The Morgan fingerprint density at radius 2 is 2.08 bits per heavy atom. The minimum absolute atomic E-state index is 0.370. The predicted octanol–water partition coefficient (Wildman–Crippen LogP) is 2.76. The van der Waals surface area contributed by atoms with E-state index in [2.05, 4.69) is 36.5 Å². The van der Waals surface area contributed by atoms with Crippen molar-refractivity contribution in [3.05, 3.63) is 59.9 Å². The Morgan fingerprint density at radius 1 is 1.15 bits per heavy atom. The molecule has 0 spiro atoms. The fourth-order valence-corrected chi connectivity index (χ4v) is 1.51. The van der Waals surface area contributed by atoms with E-state index in [1.54, 1.807) is 7.11 Å². The molecule has 0 saturated heterocycles. The van der Waals surface area contributed by atoms with Crippen LogP contribution in [0.5, 0.6) is 0 Å². The molecule has 0 saturated carbocycles. The lowest BCUT2D eigenvalue weighted by atomic mass is 9.94. The van der Waals surface area contributed by atoms with Crippen molar-refractivity contribution < 1.29 is 4.74 Å². The van der Waals surface area contributed by atoms with Crippen LogP contribution < -0.4 is 0 Å². The summed E-state index contributed by atoms with van der Waals surface area (Å²) in [5.41, 5.74) is 1.31. The Morgan fingerprint density at radius 3 is 2.92 bits per heavy atom. The van der Waals surface area contributed by atoms with Crippen LogP contribution in [0.4, 0.5) is 0 Å². The average molecular weight is 172 g/mol. The second-order valence-electron chi connectivity index (χ2n) is 3.07. The molecule has 13 heavy (non-hydrogen) atoms. The molecule has 2 aliphatic carbocycles. The average Bonchev–Trinajstić information content (AvgIpc) is 2.38. The van der Waals surface area contributed by atoms with Gasteiger partial charge in [0, 0.05) is 5.92 Å². The smallest absolute Gasteiger partial charge is 0.115 e. The Bertz CT molecular complexity index is 340. The second-order valence-corrected chi connectivity index (χ2v) is 3.07. The fourth-order valence-electron chi connectivity index (χ4n) is 1.51. The number of ether oxygens (including phenoxy) is 1. The lowest BCUT2D eigenvalue weighted by Crippen LogP contribution is -1.98. The van der Waals surface area contributed by atoms with Crippen molar-refractivity contribution in [3.63, 3.8) is 0 Å². The van der Waals surface area contributed by atoms with Crippen LogP contribution in [0, 0.1) is 5.92 Å². The van der Waals surface area contributed by atoms with Gasteiger partial charge in [0.2, 0.25) is 0 Å². The molecule has 0 bridgehead atoms. The lowest BCUT2D eigenvalue weighted by Gasteiger charge is -2.11. The summed E-state index contributed by atoms with van der Waals surface area (Å²) in [6.07, 6.45) is 16.7. The minimum Gasteiger partial charge on any atom is -0.497 e. The third kappa shape index (κ3) is 1.64. The topological polar surface area (TPSA) is 9.23 Å². The predicted molar refractivity (Wildman–Crippen MR) is 54.1 cm³/mol. The third-order valence-corrected chi connectivity index (χ3v) is 2.23. The van der Waals surface area contributed by atoms with Gasteiger partial charge in [0.05, 0.1) is 7.11 Å². The van der Waals surface area contributed by atoms with Crippen LogP contribution in [0.15, 0.2) is 59.9 Å². The van der Waals surface area contributed by atoms with Gasteiger partial charge in [0.25, 0.3) is 0 Å². The first kappa shape index (κ1) is 8.11. The van der Waals surface area contributed by atoms with E-state index in [1.165, 1.54) is 5.57 Å². The number of rotatable bonds is 1. The van der Waals surface area contributed by atoms with Crippen molar-refractivity contribution >= 4 is 0 Å². The summed E-state index contributed by atoms with van der Waals surface area (Å²) in [5.74, 6) is 1.30. The molecule has 0 aromatic carbocycles. The molecular formula is C12H12O. The highest BCUT2D eigenvalue weighted by molar-refractivity contribution is 5.42. The van der Waals surface area contributed by atoms with Gasteiger partial charge >= 0.3 is 0 Å². The van der Waals surface area contributed by atoms with Crippen molar-refractivity contribution in [1.82, 2.24) is 0 Å². The van der Waals surface area contributed by atoms with E-state index < -0.39 is 0 Å². The number of allylic oxidation sites excluding steroid dienone is 9. The van der Waals surface area contributed by atoms with Gasteiger partial charge in [-0.15, -0.1) is 0 Å². The highest BCUT2D eigenvalue weighted by Gasteiger charge is 2.10. The first-order chi connectivity index (χ1) is 6.40. The van der Waals surface area contributed by atoms with E-state index in [-0.39, 0.29) is 0 Å². The fraction of sp³-hybridized carbons (Fsp3) is 0.167. The zero-order chi connectivity index (χ0) is 9.10. The molecule has 0 amide bonds. The number of hydrogen-bond acceptors (Lipinski definition) is 1. The van der Waals surface area contributed by atoms with Gasteiger partial charge in [-0.05, 0) is 17.7 Å². The van der Waals surface area contributed by atoms with E-state index in [1.807, 2.05) is 12.2 Å². The summed E-state index contributed by atoms with van der Waals surface area (Å²) in [5, 5.41) is 0. The van der Waals surface area contributed by atoms with E-state index in [0.717, 1.165) is 5.76 Å². The normalized spacial score (nSPS) is 24.5. The van der Waals surface area contributed by atoms with Crippen LogP contribution in [0.3, 0.4) is 0 Å². The second kappa shape index (κ2) is 3.48. The molecular weight excluding hydrogens is 160 g/mol. The lowest BCUT2D eigenvalue weighted by molar-refractivity contribution is 0.304. The molecule has 1 heteroatoms. The first-order valence-corrected chi connectivity index (χ1v) is 4.39. The summed E-state index contributed by atoms with van der Waals surface area (Å²) < 4.78 is 5.20. The van der Waals surface area contributed by atoms with Crippen LogP contribution in [0.2, 0.25) is 0 Å². The van der Waals surface area contributed by atoms with Gasteiger partial charge in [-0.3, -0.25) is 0 Å². The Kier molecular flexibility index (Phi) is 2.17. The van der Waals surface area contributed by atoms with E-state index in [4.69, 9.17) is 4.74 Å². The highest BCUT2D eigenvalue weighted by Crippen LogP contribution is 2.24. The van der Waals surface area contributed by atoms with Gasteiger partial charge in [-0.25, -0.2) is 0 Å². The number of methoxy groups -OCH3 is 1. The molecule has 66 valence electrons. The van der Waals surface area contributed by atoms with Crippen molar-refractivity contribution in [2.75, 3.05) is 7.11 Å². The molecule has 1 nitrogen and oxygen atoms in total. The Balaban J connectivity index is 2.34. The summed E-state index contributed by atoms with van der Waals surface area (Å²) in [6, 6.07) is 0. The van der Waals surface area contributed by atoms with Crippen LogP contribution in [-0.4, -0.2) is 7.11 Å². The molecule has 0 radical (unpaired) electrons. The molecule has 0 heterocycles. The third-order valence-electron chi connectivity index (χ3n) is 2.23. The molecule has 1 atom stereocenters. The largest absolute Gasteiger partial charge is 0.497 e. The summed E-state index contributed by atoms with van der Waals surface area (Å²) >= 11 is 0. The molecule has 0 fully saturated rings. The quantitative estimate of drug-likeness (QED) is 0.591. The zero-order valence-electron chi connectivity index (χ0n) is 7.60. The maximum Gasteiger partial charge on any atom is 0.115 e. The van der Waals surface area contributed by atoms with Crippen LogP contribution in [0.25, 0.3) is 0 Å². The summed E-state index contributed by atoms with van der Waals surface area (Å²) in [7, 11) is 1.70. The van der Waals surface area contributed by atoms with Gasteiger partial charge in [0.15, 0.2) is 0 Å². The highest BCUT2D eigenvalue weighted by atomic mass is 16.5. The van der Waals surface area contributed by atoms with Crippen molar-refractivity contribution in [1.29, 1.82) is 0 Å². The van der Waals surface area contributed by atoms with Crippen LogP contribution in [0.1, 0.15) is 0 Å². The van der Waals surface area contributed by atoms with Crippen LogP contribution >= 0.6 is 0 Å². The molecule has 2 aliphatic rings. The molecule has 0 aromatic rings. The molecule has 2 rings (SSSR count). The monoisotopic (exact) mass is 172 g/mol. The van der Waals surface area contributed by atoms with Crippen molar-refractivity contribution in [3.8, 4) is 0 Å². The maximum absolute atomic E-state index is 5.20. The Hall–Kier alpha value is -1.50. The first-order valence-electron chi connectivity index (χ1n) is 4.39.